The van der Waals surface area contributed by atoms with E-state index in [1.165, 1.54) is 110 Å². The molecule has 0 atom stereocenters. The fourth-order valence-corrected chi connectivity index (χ4v) is 8.47. The van der Waals surface area contributed by atoms with E-state index in [0.717, 1.165) is 0 Å². The maximum Gasteiger partial charge on any atom is -0.00988 e. The van der Waals surface area contributed by atoms with Crippen molar-refractivity contribution in [1.29, 1.82) is 0 Å². The molecule has 0 aliphatic heterocycles. The van der Waals surface area contributed by atoms with Gasteiger partial charge in [0.25, 0.3) is 0 Å². The Labute approximate surface area is 318 Å². The van der Waals surface area contributed by atoms with Crippen LogP contribution in [0.3, 0.4) is 0 Å². The summed E-state index contributed by atoms with van der Waals surface area (Å²) >= 11 is 0. The smallest absolute Gasteiger partial charge is 0.00988 e. The quantitative estimate of drug-likeness (QED) is 0.152. The fourth-order valence-electron chi connectivity index (χ4n) is 8.47. The summed E-state index contributed by atoms with van der Waals surface area (Å²) in [6.45, 7) is 8.66. The van der Waals surface area contributed by atoms with E-state index in [1.807, 2.05) is 0 Å². The van der Waals surface area contributed by atoms with Gasteiger partial charge in [0.1, 0.15) is 0 Å². The molecule has 0 bridgehead atoms. The van der Waals surface area contributed by atoms with Crippen molar-refractivity contribution in [3.8, 4) is 44.5 Å². The third kappa shape index (κ3) is 5.72. The van der Waals surface area contributed by atoms with Gasteiger partial charge in [0.05, 0.1) is 0 Å². The van der Waals surface area contributed by atoms with Crippen LogP contribution in [0.1, 0.15) is 36.1 Å². The van der Waals surface area contributed by atoms with E-state index in [9.17, 15) is 0 Å². The summed E-state index contributed by atoms with van der Waals surface area (Å²) in [5, 5.41) is 10.2. The van der Waals surface area contributed by atoms with Gasteiger partial charge in [-0.25, -0.2) is 0 Å². The average molecular weight is 691 g/mol. The maximum atomic E-state index is 2.39. The first kappa shape index (κ1) is 33.3. The van der Waals surface area contributed by atoms with Crippen molar-refractivity contribution in [2.75, 3.05) is 0 Å². The third-order valence-electron chi connectivity index (χ3n) is 11.3. The van der Waals surface area contributed by atoms with Crippen molar-refractivity contribution >= 4 is 55.2 Å². The van der Waals surface area contributed by atoms with Gasteiger partial charge in [0, 0.05) is 0 Å². The van der Waals surface area contributed by atoms with Gasteiger partial charge >= 0.3 is 0 Å². The standard InChI is InChI=1S/C54H42/c1-5-15-37-31-51(45(16-6-2)36(4)35(37)3)40-19-13-18-38(29-40)39-27-28-44-34-54(50-26-12-11-25-49(50)52(44)32-39)42-21-14-20-41(30-42)53-33-43-17-7-8-22-46(43)47-23-9-10-24-48(47)53/h5-34H,1-4H3/b15-5-,16-6-. The summed E-state index contributed by atoms with van der Waals surface area (Å²) in [5.74, 6) is 0. The molecule has 258 valence electrons. The normalized spacial score (nSPS) is 11.9. The molecule has 0 heteroatoms. The zero-order valence-electron chi connectivity index (χ0n) is 31.3. The first-order chi connectivity index (χ1) is 26.5. The van der Waals surface area contributed by atoms with Crippen LogP contribution in [0.2, 0.25) is 0 Å². The number of benzene rings is 9. The van der Waals surface area contributed by atoms with E-state index in [0.29, 0.717) is 0 Å². The lowest BCUT2D eigenvalue weighted by atomic mass is 9.87. The van der Waals surface area contributed by atoms with E-state index in [1.54, 1.807) is 0 Å². The number of rotatable bonds is 6. The molecule has 9 rings (SSSR count). The number of allylic oxidation sites excluding steroid dienone is 2. The number of fused-ring (bicyclic) bond motifs is 6. The van der Waals surface area contributed by atoms with Crippen molar-refractivity contribution in [2.24, 2.45) is 0 Å². The lowest BCUT2D eigenvalue weighted by Crippen LogP contribution is -1.95. The van der Waals surface area contributed by atoms with Crippen molar-refractivity contribution in [1.82, 2.24) is 0 Å². The Kier molecular flexibility index (Phi) is 8.53. The van der Waals surface area contributed by atoms with Crippen molar-refractivity contribution in [3.63, 3.8) is 0 Å². The average Bonchev–Trinajstić information content (AvgIpc) is 3.23. The summed E-state index contributed by atoms with van der Waals surface area (Å²) < 4.78 is 0. The summed E-state index contributed by atoms with van der Waals surface area (Å²) in [4.78, 5) is 0. The molecular weight excluding hydrogens is 649 g/mol. The highest BCUT2D eigenvalue weighted by Gasteiger charge is 2.15. The Balaban J connectivity index is 1.17. The molecule has 9 aromatic rings. The molecule has 0 nitrogen and oxygen atoms in total. The zero-order chi connectivity index (χ0) is 36.8. The maximum absolute atomic E-state index is 2.39. The molecule has 9 aromatic carbocycles. The topological polar surface area (TPSA) is 0 Å². The number of hydrogen-bond donors (Lipinski definition) is 0. The molecule has 0 unspecified atom stereocenters. The monoisotopic (exact) mass is 690 g/mol. The van der Waals surface area contributed by atoms with Crippen LogP contribution < -0.4 is 0 Å². The van der Waals surface area contributed by atoms with Gasteiger partial charge in [-0.3, -0.25) is 0 Å². The second kappa shape index (κ2) is 13.8. The molecule has 0 saturated heterocycles. The van der Waals surface area contributed by atoms with Crippen LogP contribution in [0.15, 0.2) is 170 Å². The highest BCUT2D eigenvalue weighted by atomic mass is 14.2. The van der Waals surface area contributed by atoms with Gasteiger partial charge in [-0.2, -0.15) is 0 Å². The first-order valence-corrected chi connectivity index (χ1v) is 19.0. The summed E-state index contributed by atoms with van der Waals surface area (Å²) in [5.41, 5.74) is 15.1. The molecule has 0 N–H and O–H groups in total. The van der Waals surface area contributed by atoms with E-state index in [2.05, 4.69) is 210 Å². The van der Waals surface area contributed by atoms with Crippen LogP contribution in [0, 0.1) is 13.8 Å². The van der Waals surface area contributed by atoms with Crippen molar-refractivity contribution < 1.29 is 0 Å². The zero-order valence-corrected chi connectivity index (χ0v) is 31.3. The highest BCUT2D eigenvalue weighted by molar-refractivity contribution is 6.16. The summed E-state index contributed by atoms with van der Waals surface area (Å²) in [6, 6.07) is 58.6. The van der Waals surface area contributed by atoms with E-state index in [-0.39, 0.29) is 0 Å². The van der Waals surface area contributed by atoms with Crippen molar-refractivity contribution in [2.45, 2.75) is 27.7 Å². The molecule has 0 aromatic heterocycles. The van der Waals surface area contributed by atoms with Gasteiger partial charge in [-0.1, -0.05) is 146 Å². The molecule has 54 heavy (non-hydrogen) atoms. The first-order valence-electron chi connectivity index (χ1n) is 19.0. The molecule has 0 fully saturated rings. The molecule has 0 heterocycles. The Hall–Kier alpha value is -6.50. The Morgan fingerprint density at radius 2 is 0.833 bits per heavy atom. The predicted molar refractivity (Wildman–Crippen MR) is 237 cm³/mol. The minimum atomic E-state index is 1.22. The molecule has 0 aliphatic rings. The van der Waals surface area contributed by atoms with Gasteiger partial charge in [0.2, 0.25) is 0 Å². The molecule has 0 radical (unpaired) electrons. The van der Waals surface area contributed by atoms with Crippen molar-refractivity contribution in [3.05, 3.63) is 192 Å². The second-order valence-corrected chi connectivity index (χ2v) is 14.4. The Bertz CT molecular complexity index is 2970. The molecule has 0 spiro atoms. The van der Waals surface area contributed by atoms with E-state index in [4.69, 9.17) is 0 Å². The molecular formula is C54H42. The fraction of sp³-hybridized carbons (Fsp3) is 0.0741. The summed E-state index contributed by atoms with van der Waals surface area (Å²) in [6.07, 6.45) is 8.75. The van der Waals surface area contributed by atoms with Crippen LogP contribution in [0.4, 0.5) is 0 Å². The summed E-state index contributed by atoms with van der Waals surface area (Å²) in [7, 11) is 0. The van der Waals surface area contributed by atoms with Gasteiger partial charge in [-0.05, 0) is 174 Å². The highest BCUT2D eigenvalue weighted by Crippen LogP contribution is 2.41. The lowest BCUT2D eigenvalue weighted by Gasteiger charge is -2.17. The third-order valence-corrected chi connectivity index (χ3v) is 11.3. The van der Waals surface area contributed by atoms with Crippen LogP contribution in [-0.4, -0.2) is 0 Å². The minimum Gasteiger partial charge on any atom is -0.0871 e. The van der Waals surface area contributed by atoms with Crippen LogP contribution >= 0.6 is 0 Å². The van der Waals surface area contributed by atoms with Gasteiger partial charge < -0.3 is 0 Å². The van der Waals surface area contributed by atoms with E-state index < -0.39 is 0 Å². The van der Waals surface area contributed by atoms with Crippen LogP contribution in [-0.2, 0) is 0 Å². The Morgan fingerprint density at radius 3 is 1.48 bits per heavy atom. The lowest BCUT2D eigenvalue weighted by molar-refractivity contribution is 1.31. The molecule has 0 amide bonds. The number of hydrogen-bond acceptors (Lipinski definition) is 0. The van der Waals surface area contributed by atoms with Crippen LogP contribution in [0.5, 0.6) is 0 Å². The van der Waals surface area contributed by atoms with Gasteiger partial charge in [-0.15, -0.1) is 0 Å². The van der Waals surface area contributed by atoms with Gasteiger partial charge in [0.15, 0.2) is 0 Å². The van der Waals surface area contributed by atoms with E-state index >= 15 is 0 Å². The second-order valence-electron chi connectivity index (χ2n) is 14.4. The SMILES string of the molecule is C/C=C\c1cc(-c2cccc(-c3ccc4cc(-c5cccc(-c6cc7ccccc7c7ccccc67)c5)c5ccccc5c4c3)c2)c(/C=C\C)c(C)c1C. The molecule has 0 aliphatic carbocycles. The largest absolute Gasteiger partial charge is 0.0871 e. The minimum absolute atomic E-state index is 1.22. The Morgan fingerprint density at radius 1 is 0.333 bits per heavy atom. The molecule has 0 saturated carbocycles. The van der Waals surface area contributed by atoms with Crippen LogP contribution in [0.25, 0.3) is 99.7 Å². The predicted octanol–water partition coefficient (Wildman–Crippen LogP) is 15.7.